The summed E-state index contributed by atoms with van der Waals surface area (Å²) < 4.78 is 43.2. The number of ether oxygens (including phenoxy) is 2. The average molecular weight is 616 g/mol. The van der Waals surface area contributed by atoms with Gasteiger partial charge in [-0.25, -0.2) is 8.42 Å². The van der Waals surface area contributed by atoms with Crippen molar-refractivity contribution < 1.29 is 17.9 Å². The standard InChI is InChI=1S/C31H39BrN2O4S/c1-5-7-18-31(19-8-6-2)23-33(25-12-10-9-11-13-25)28-20-27(32)29(38-4)21-30(28)39(35,36)34(31)22-24-14-16-26(37-3)17-15-24/h9-17,20-21H,5-8,18-19,22-23H2,1-4H3. The molecule has 210 valence electrons. The van der Waals surface area contributed by atoms with Gasteiger partial charge >= 0.3 is 0 Å². The number of halogens is 1. The molecule has 39 heavy (non-hydrogen) atoms. The smallest absolute Gasteiger partial charge is 0.246 e. The van der Waals surface area contributed by atoms with Crippen molar-refractivity contribution in [3.05, 3.63) is 76.8 Å². The fourth-order valence-electron chi connectivity index (χ4n) is 5.46. The minimum Gasteiger partial charge on any atom is -0.497 e. The van der Waals surface area contributed by atoms with Crippen LogP contribution in [-0.2, 0) is 16.6 Å². The quantitative estimate of drug-likeness (QED) is 0.219. The largest absolute Gasteiger partial charge is 0.497 e. The van der Waals surface area contributed by atoms with E-state index >= 15 is 0 Å². The summed E-state index contributed by atoms with van der Waals surface area (Å²) in [4.78, 5) is 2.45. The van der Waals surface area contributed by atoms with Gasteiger partial charge in [0.15, 0.2) is 0 Å². The van der Waals surface area contributed by atoms with E-state index in [1.165, 1.54) is 0 Å². The molecular weight excluding hydrogens is 576 g/mol. The number of rotatable bonds is 11. The highest BCUT2D eigenvalue weighted by Gasteiger charge is 2.48. The van der Waals surface area contributed by atoms with Gasteiger partial charge in [0.05, 0.1) is 29.9 Å². The normalized spacial score (nSPS) is 16.4. The number of fused-ring (bicyclic) bond motifs is 1. The maximum absolute atomic E-state index is 14.9. The molecule has 0 spiro atoms. The molecule has 1 aliphatic rings. The van der Waals surface area contributed by atoms with E-state index in [1.807, 2.05) is 48.5 Å². The predicted octanol–water partition coefficient (Wildman–Crippen LogP) is 7.93. The Kier molecular flexibility index (Phi) is 9.62. The number of para-hydroxylation sites is 1. The summed E-state index contributed by atoms with van der Waals surface area (Å²) in [6.45, 7) is 5.16. The van der Waals surface area contributed by atoms with E-state index in [1.54, 1.807) is 24.6 Å². The van der Waals surface area contributed by atoms with Crippen LogP contribution in [0.1, 0.15) is 57.9 Å². The van der Waals surface area contributed by atoms with Crippen molar-refractivity contribution in [1.29, 1.82) is 0 Å². The van der Waals surface area contributed by atoms with Crippen molar-refractivity contribution in [3.63, 3.8) is 0 Å². The summed E-state index contributed by atoms with van der Waals surface area (Å²) >= 11 is 3.62. The van der Waals surface area contributed by atoms with E-state index in [0.29, 0.717) is 18.0 Å². The fraction of sp³-hybridized carbons (Fsp3) is 0.419. The van der Waals surface area contributed by atoms with Gasteiger partial charge in [0, 0.05) is 24.8 Å². The van der Waals surface area contributed by atoms with Crippen LogP contribution in [0.2, 0.25) is 0 Å². The molecule has 0 atom stereocenters. The lowest BCUT2D eigenvalue weighted by Crippen LogP contribution is -2.55. The Morgan fingerprint density at radius 3 is 2.10 bits per heavy atom. The van der Waals surface area contributed by atoms with Crippen molar-refractivity contribution in [2.24, 2.45) is 0 Å². The molecule has 0 amide bonds. The number of sulfonamides is 1. The highest BCUT2D eigenvalue weighted by molar-refractivity contribution is 9.10. The molecule has 0 saturated carbocycles. The van der Waals surface area contributed by atoms with Gasteiger partial charge in [-0.1, -0.05) is 69.9 Å². The molecule has 8 heteroatoms. The number of anilines is 2. The first-order chi connectivity index (χ1) is 18.8. The first-order valence-corrected chi connectivity index (χ1v) is 15.9. The van der Waals surface area contributed by atoms with Gasteiger partial charge in [-0.05, 0) is 64.7 Å². The van der Waals surface area contributed by atoms with Crippen molar-refractivity contribution >= 4 is 37.3 Å². The molecule has 0 aromatic heterocycles. The minimum atomic E-state index is -3.93. The molecule has 3 aromatic rings. The summed E-state index contributed by atoms with van der Waals surface area (Å²) in [5.74, 6) is 1.24. The van der Waals surface area contributed by atoms with Crippen LogP contribution in [0, 0.1) is 0 Å². The Morgan fingerprint density at radius 2 is 1.54 bits per heavy atom. The van der Waals surface area contributed by atoms with E-state index in [2.05, 4.69) is 46.8 Å². The SMILES string of the molecule is CCCCC1(CCCC)CN(c2ccccc2)c2cc(Br)c(OC)cc2S(=O)(=O)N1Cc1ccc(OC)cc1. The van der Waals surface area contributed by atoms with Gasteiger partial charge in [0.1, 0.15) is 16.4 Å². The van der Waals surface area contributed by atoms with Crippen molar-refractivity contribution in [2.45, 2.75) is 69.4 Å². The molecule has 1 aliphatic heterocycles. The van der Waals surface area contributed by atoms with Gasteiger partial charge in [0.25, 0.3) is 0 Å². The fourth-order valence-corrected chi connectivity index (χ4v) is 7.95. The van der Waals surface area contributed by atoms with Crippen LogP contribution in [-0.4, -0.2) is 39.0 Å². The Balaban J connectivity index is 1.99. The maximum atomic E-state index is 14.9. The molecule has 0 N–H and O–H groups in total. The van der Waals surface area contributed by atoms with Crippen LogP contribution in [0.15, 0.2) is 76.1 Å². The lowest BCUT2D eigenvalue weighted by atomic mass is 9.85. The van der Waals surface area contributed by atoms with E-state index in [4.69, 9.17) is 9.47 Å². The molecule has 0 fully saturated rings. The van der Waals surface area contributed by atoms with Gasteiger partial charge in [-0.3, -0.25) is 0 Å². The van der Waals surface area contributed by atoms with Gasteiger partial charge in [-0.15, -0.1) is 0 Å². The molecule has 0 saturated heterocycles. The second kappa shape index (κ2) is 12.7. The molecule has 0 bridgehead atoms. The third-order valence-corrected chi connectivity index (χ3v) is 10.2. The van der Waals surface area contributed by atoms with Crippen LogP contribution in [0.5, 0.6) is 11.5 Å². The number of hydrogen-bond acceptors (Lipinski definition) is 5. The van der Waals surface area contributed by atoms with E-state index < -0.39 is 15.6 Å². The molecule has 4 rings (SSSR count). The Labute approximate surface area is 242 Å². The van der Waals surface area contributed by atoms with Crippen molar-refractivity contribution in [1.82, 2.24) is 4.31 Å². The third-order valence-electron chi connectivity index (χ3n) is 7.62. The summed E-state index contributed by atoms with van der Waals surface area (Å²) in [6.07, 6.45) is 5.39. The Bertz CT molecular complexity index is 1340. The molecule has 0 radical (unpaired) electrons. The second-order valence-electron chi connectivity index (χ2n) is 10.2. The zero-order chi connectivity index (χ0) is 28.0. The molecule has 3 aromatic carbocycles. The number of nitrogens with zero attached hydrogens (tertiary/aromatic N) is 2. The highest BCUT2D eigenvalue weighted by atomic mass is 79.9. The summed E-state index contributed by atoms with van der Waals surface area (Å²) in [5.41, 5.74) is 1.94. The van der Waals surface area contributed by atoms with Crippen molar-refractivity contribution in [2.75, 3.05) is 25.7 Å². The van der Waals surface area contributed by atoms with Gasteiger partial charge in [-0.2, -0.15) is 4.31 Å². The van der Waals surface area contributed by atoms with E-state index in [0.717, 1.165) is 60.0 Å². The number of benzene rings is 3. The van der Waals surface area contributed by atoms with Crippen LogP contribution in [0.4, 0.5) is 11.4 Å². The molecule has 1 heterocycles. The monoisotopic (exact) mass is 614 g/mol. The molecule has 6 nitrogen and oxygen atoms in total. The zero-order valence-electron chi connectivity index (χ0n) is 23.3. The summed E-state index contributed by atoms with van der Waals surface area (Å²) in [6, 6.07) is 21.4. The topological polar surface area (TPSA) is 59.1 Å². The lowest BCUT2D eigenvalue weighted by Gasteiger charge is -2.44. The van der Waals surface area contributed by atoms with Crippen LogP contribution in [0.25, 0.3) is 0 Å². The molecule has 0 aliphatic carbocycles. The first kappa shape index (κ1) is 29.4. The Hall–Kier alpha value is -2.55. The lowest BCUT2D eigenvalue weighted by molar-refractivity contribution is 0.153. The van der Waals surface area contributed by atoms with Gasteiger partial charge in [0.2, 0.25) is 10.0 Å². The van der Waals surface area contributed by atoms with Gasteiger partial charge < -0.3 is 14.4 Å². The van der Waals surface area contributed by atoms with Crippen LogP contribution >= 0.6 is 15.9 Å². The minimum absolute atomic E-state index is 0.259. The highest BCUT2D eigenvalue weighted by Crippen LogP contribution is 2.47. The van der Waals surface area contributed by atoms with Crippen molar-refractivity contribution in [3.8, 4) is 11.5 Å². The zero-order valence-corrected chi connectivity index (χ0v) is 25.7. The summed E-state index contributed by atoms with van der Waals surface area (Å²) in [7, 11) is -0.736. The molecule has 0 unspecified atom stereocenters. The van der Waals surface area contributed by atoms with E-state index in [9.17, 15) is 8.42 Å². The second-order valence-corrected chi connectivity index (χ2v) is 12.9. The third kappa shape index (κ3) is 6.13. The number of unbranched alkanes of at least 4 members (excludes halogenated alkanes) is 2. The van der Waals surface area contributed by atoms with Crippen LogP contribution in [0.3, 0.4) is 0 Å². The summed E-state index contributed by atoms with van der Waals surface area (Å²) in [5, 5.41) is 0. The average Bonchev–Trinajstić information content (AvgIpc) is 3.03. The predicted molar refractivity (Wildman–Crippen MR) is 162 cm³/mol. The molecular formula is C31H39BrN2O4S. The number of hydrogen-bond donors (Lipinski definition) is 0. The van der Waals surface area contributed by atoms with E-state index in [-0.39, 0.29) is 11.4 Å². The Morgan fingerprint density at radius 1 is 0.897 bits per heavy atom. The maximum Gasteiger partial charge on any atom is 0.246 e. The number of methoxy groups -OCH3 is 2. The van der Waals surface area contributed by atoms with Crippen LogP contribution < -0.4 is 14.4 Å². The first-order valence-electron chi connectivity index (χ1n) is 13.7.